The van der Waals surface area contributed by atoms with Crippen LogP contribution < -0.4 is 5.73 Å². The van der Waals surface area contributed by atoms with E-state index in [1.54, 1.807) is 0 Å². The molecule has 1 amide bonds. The highest BCUT2D eigenvalue weighted by molar-refractivity contribution is 5.81. The molecule has 20 heavy (non-hydrogen) atoms. The van der Waals surface area contributed by atoms with Crippen molar-refractivity contribution in [2.75, 3.05) is 39.3 Å². The lowest BCUT2D eigenvalue weighted by Crippen LogP contribution is -2.51. The molecule has 112 valence electrons. The summed E-state index contributed by atoms with van der Waals surface area (Å²) in [5, 5.41) is 0. The van der Waals surface area contributed by atoms with Gasteiger partial charge in [0.2, 0.25) is 5.91 Å². The Kier molecular flexibility index (Phi) is 4.38. The predicted molar refractivity (Wildman–Crippen MR) is 77.2 cm³/mol. The van der Waals surface area contributed by atoms with Crippen LogP contribution in [0.3, 0.4) is 0 Å². The molecule has 3 rings (SSSR count). The molecule has 0 aromatic heterocycles. The van der Waals surface area contributed by atoms with Gasteiger partial charge in [0.25, 0.3) is 0 Å². The molecule has 5 heteroatoms. The molecule has 0 aromatic carbocycles. The highest BCUT2D eigenvalue weighted by Crippen LogP contribution is 2.20. The number of carbonyl (C=O) groups is 1. The molecule has 3 unspecified atom stereocenters. The van der Waals surface area contributed by atoms with E-state index in [0.29, 0.717) is 6.10 Å². The van der Waals surface area contributed by atoms with Gasteiger partial charge >= 0.3 is 0 Å². The number of nitrogens with zero attached hydrogens (tertiary/aromatic N) is 2. The lowest BCUT2D eigenvalue weighted by molar-refractivity contribution is -0.136. The van der Waals surface area contributed by atoms with Crippen LogP contribution in [0.5, 0.6) is 0 Å². The van der Waals surface area contributed by atoms with E-state index in [2.05, 4.69) is 4.90 Å². The molecule has 0 bridgehead atoms. The zero-order valence-corrected chi connectivity index (χ0v) is 12.0. The van der Waals surface area contributed by atoms with Gasteiger partial charge < -0.3 is 15.4 Å². The average molecular weight is 279 g/mol. The number of piperazine rings is 1. The molecule has 2 fully saturated rings. The van der Waals surface area contributed by atoms with Crippen molar-refractivity contribution in [1.29, 1.82) is 0 Å². The second-order valence-corrected chi connectivity index (χ2v) is 6.15. The van der Waals surface area contributed by atoms with Crippen LogP contribution in [0.1, 0.15) is 19.3 Å². The Hall–Kier alpha value is -0.910. The van der Waals surface area contributed by atoms with Crippen LogP contribution in [-0.2, 0) is 9.53 Å². The SMILES string of the molecule is NC1C=CC(C(=O)N2CCN(CC3CCCO3)CC2)C1. The van der Waals surface area contributed by atoms with Gasteiger partial charge in [-0.05, 0) is 19.3 Å². The first-order valence-electron chi connectivity index (χ1n) is 7.79. The Balaban J connectivity index is 1.43. The van der Waals surface area contributed by atoms with Gasteiger partial charge in [-0.15, -0.1) is 0 Å². The highest BCUT2D eigenvalue weighted by Gasteiger charge is 2.30. The fourth-order valence-corrected chi connectivity index (χ4v) is 3.37. The Morgan fingerprint density at radius 2 is 2.05 bits per heavy atom. The summed E-state index contributed by atoms with van der Waals surface area (Å²) in [4.78, 5) is 16.8. The molecule has 0 aromatic rings. The molecule has 0 saturated carbocycles. The van der Waals surface area contributed by atoms with E-state index >= 15 is 0 Å². The number of carbonyl (C=O) groups excluding carboxylic acids is 1. The fourth-order valence-electron chi connectivity index (χ4n) is 3.37. The molecule has 0 radical (unpaired) electrons. The van der Waals surface area contributed by atoms with E-state index in [-0.39, 0.29) is 17.9 Å². The van der Waals surface area contributed by atoms with E-state index in [1.807, 2.05) is 17.1 Å². The van der Waals surface area contributed by atoms with Crippen LogP contribution in [0.15, 0.2) is 12.2 Å². The zero-order valence-electron chi connectivity index (χ0n) is 12.0. The molecule has 0 spiro atoms. The first kappa shape index (κ1) is 14.0. The number of nitrogens with two attached hydrogens (primary N) is 1. The number of hydrogen-bond donors (Lipinski definition) is 1. The Bertz CT molecular complexity index is 371. The molecule has 2 N–H and O–H groups in total. The van der Waals surface area contributed by atoms with Crippen LogP contribution >= 0.6 is 0 Å². The molecule has 1 aliphatic carbocycles. The van der Waals surface area contributed by atoms with Gasteiger partial charge in [0.1, 0.15) is 0 Å². The van der Waals surface area contributed by atoms with Crippen molar-refractivity contribution in [3.8, 4) is 0 Å². The van der Waals surface area contributed by atoms with Gasteiger partial charge in [-0.3, -0.25) is 9.69 Å². The van der Waals surface area contributed by atoms with Gasteiger partial charge in [-0.2, -0.15) is 0 Å². The van der Waals surface area contributed by atoms with Crippen molar-refractivity contribution < 1.29 is 9.53 Å². The molecular weight excluding hydrogens is 254 g/mol. The monoisotopic (exact) mass is 279 g/mol. The molecule has 2 aliphatic heterocycles. The molecule has 2 saturated heterocycles. The van der Waals surface area contributed by atoms with Gasteiger partial charge in [0, 0.05) is 45.4 Å². The average Bonchev–Trinajstić information content (AvgIpc) is 3.10. The third kappa shape index (κ3) is 3.22. The van der Waals surface area contributed by atoms with Crippen molar-refractivity contribution in [3.63, 3.8) is 0 Å². The second-order valence-electron chi connectivity index (χ2n) is 6.15. The number of amides is 1. The quantitative estimate of drug-likeness (QED) is 0.751. The second kappa shape index (κ2) is 6.24. The number of ether oxygens (including phenoxy) is 1. The van der Waals surface area contributed by atoms with Gasteiger partial charge in [0.05, 0.1) is 12.0 Å². The smallest absolute Gasteiger partial charge is 0.229 e. The minimum atomic E-state index is 0.00900. The van der Waals surface area contributed by atoms with E-state index in [9.17, 15) is 4.79 Å². The largest absolute Gasteiger partial charge is 0.377 e. The standard InChI is InChI=1S/C15H25N3O2/c16-13-4-3-12(10-13)15(19)18-7-5-17(6-8-18)11-14-2-1-9-20-14/h3-4,12-14H,1-2,5-11,16H2. The third-order valence-corrected chi connectivity index (χ3v) is 4.60. The summed E-state index contributed by atoms with van der Waals surface area (Å²) in [7, 11) is 0. The van der Waals surface area contributed by atoms with E-state index in [1.165, 1.54) is 12.8 Å². The maximum absolute atomic E-state index is 12.4. The van der Waals surface area contributed by atoms with Crippen LogP contribution in [-0.4, -0.2) is 67.2 Å². The third-order valence-electron chi connectivity index (χ3n) is 4.60. The highest BCUT2D eigenvalue weighted by atomic mass is 16.5. The maximum Gasteiger partial charge on any atom is 0.229 e. The van der Waals surface area contributed by atoms with Gasteiger partial charge in [-0.1, -0.05) is 12.2 Å². The first-order valence-corrected chi connectivity index (χ1v) is 7.79. The van der Waals surface area contributed by atoms with Crippen LogP contribution in [0, 0.1) is 5.92 Å². The van der Waals surface area contributed by atoms with Crippen molar-refractivity contribution >= 4 is 5.91 Å². The summed E-state index contributed by atoms with van der Waals surface area (Å²) in [6, 6.07) is 0.0600. The fraction of sp³-hybridized carbons (Fsp3) is 0.800. The van der Waals surface area contributed by atoms with Crippen LogP contribution in [0.2, 0.25) is 0 Å². The summed E-state index contributed by atoms with van der Waals surface area (Å²) in [6.45, 7) is 5.55. The molecule has 2 heterocycles. The molecule has 3 atom stereocenters. The van der Waals surface area contributed by atoms with E-state index < -0.39 is 0 Å². The Morgan fingerprint density at radius 3 is 2.65 bits per heavy atom. The molecule has 5 nitrogen and oxygen atoms in total. The summed E-state index contributed by atoms with van der Waals surface area (Å²) in [6.07, 6.45) is 7.49. The summed E-state index contributed by atoms with van der Waals surface area (Å²) < 4.78 is 5.68. The lowest BCUT2D eigenvalue weighted by Gasteiger charge is -2.36. The summed E-state index contributed by atoms with van der Waals surface area (Å²) in [5.41, 5.74) is 5.83. The number of hydrogen-bond acceptors (Lipinski definition) is 4. The topological polar surface area (TPSA) is 58.8 Å². The predicted octanol–water partition coefficient (Wildman–Crippen LogP) is 0.213. The lowest BCUT2D eigenvalue weighted by atomic mass is 10.1. The molecule has 3 aliphatic rings. The zero-order chi connectivity index (χ0) is 13.9. The van der Waals surface area contributed by atoms with Crippen LogP contribution in [0.25, 0.3) is 0 Å². The summed E-state index contributed by atoms with van der Waals surface area (Å²) in [5.74, 6) is 0.265. The van der Waals surface area contributed by atoms with E-state index in [4.69, 9.17) is 10.5 Å². The van der Waals surface area contributed by atoms with Crippen molar-refractivity contribution in [2.24, 2.45) is 11.7 Å². The Labute approximate surface area is 120 Å². The van der Waals surface area contributed by atoms with E-state index in [0.717, 1.165) is 45.8 Å². The number of rotatable bonds is 3. The Morgan fingerprint density at radius 1 is 1.25 bits per heavy atom. The summed E-state index contributed by atoms with van der Waals surface area (Å²) >= 11 is 0. The molecular formula is C15H25N3O2. The minimum Gasteiger partial charge on any atom is -0.377 e. The van der Waals surface area contributed by atoms with Crippen molar-refractivity contribution in [1.82, 2.24) is 9.80 Å². The van der Waals surface area contributed by atoms with Crippen LogP contribution in [0.4, 0.5) is 0 Å². The van der Waals surface area contributed by atoms with Crippen molar-refractivity contribution in [3.05, 3.63) is 12.2 Å². The first-order chi connectivity index (χ1) is 9.72. The minimum absolute atomic E-state index is 0.00900. The van der Waals surface area contributed by atoms with Gasteiger partial charge in [0.15, 0.2) is 0 Å². The van der Waals surface area contributed by atoms with Crippen molar-refractivity contribution in [2.45, 2.75) is 31.4 Å². The normalized spacial score (nSPS) is 34.9. The van der Waals surface area contributed by atoms with Gasteiger partial charge in [-0.25, -0.2) is 0 Å². The maximum atomic E-state index is 12.4.